The molecule has 2 N–H and O–H groups in total. The Morgan fingerprint density at radius 3 is 2.29 bits per heavy atom. The first-order valence-corrected chi connectivity index (χ1v) is 5.43. The first-order chi connectivity index (χ1) is 6.39. The molecule has 0 amide bonds. The van der Waals surface area contributed by atoms with Crippen molar-refractivity contribution in [1.82, 2.24) is 10.2 Å². The van der Waals surface area contributed by atoms with Gasteiger partial charge < -0.3 is 15.3 Å². The van der Waals surface area contributed by atoms with Crippen molar-refractivity contribution in [3.05, 3.63) is 0 Å². The first kappa shape index (κ1) is 13.9. The van der Waals surface area contributed by atoms with Crippen molar-refractivity contribution in [3.63, 3.8) is 0 Å². The summed E-state index contributed by atoms with van der Waals surface area (Å²) in [7, 11) is 4.15. The molecule has 86 valence electrons. The topological polar surface area (TPSA) is 35.5 Å². The van der Waals surface area contributed by atoms with Gasteiger partial charge in [-0.2, -0.15) is 0 Å². The fraction of sp³-hybridized carbons (Fsp3) is 1.00. The highest BCUT2D eigenvalue weighted by Crippen LogP contribution is 2.12. The lowest BCUT2D eigenvalue weighted by molar-refractivity contribution is 0.151. The number of aliphatic hydroxyl groups excluding tert-OH is 1. The van der Waals surface area contributed by atoms with Gasteiger partial charge in [0.2, 0.25) is 0 Å². The first-order valence-electron chi connectivity index (χ1n) is 5.43. The van der Waals surface area contributed by atoms with E-state index in [2.05, 4.69) is 45.1 Å². The molecule has 0 bridgehead atoms. The molecule has 0 aliphatic rings. The molecule has 0 saturated heterocycles. The zero-order chi connectivity index (χ0) is 11.2. The average molecular weight is 202 g/mol. The molecule has 0 heterocycles. The summed E-state index contributed by atoms with van der Waals surface area (Å²) in [6.07, 6.45) is 2.13. The van der Waals surface area contributed by atoms with Gasteiger partial charge in [0.25, 0.3) is 0 Å². The highest BCUT2D eigenvalue weighted by atomic mass is 16.3. The van der Waals surface area contributed by atoms with Crippen molar-refractivity contribution in [2.45, 2.75) is 45.2 Å². The second-order valence-corrected chi connectivity index (χ2v) is 4.92. The average Bonchev–Trinajstić information content (AvgIpc) is 2.02. The van der Waals surface area contributed by atoms with E-state index in [0.29, 0.717) is 6.04 Å². The molecule has 0 aliphatic heterocycles. The van der Waals surface area contributed by atoms with Crippen molar-refractivity contribution in [3.8, 4) is 0 Å². The Hall–Kier alpha value is -0.120. The maximum Gasteiger partial charge on any atom is 0.0610 e. The van der Waals surface area contributed by atoms with Gasteiger partial charge in [-0.1, -0.05) is 13.8 Å². The van der Waals surface area contributed by atoms with Crippen LogP contribution in [0.2, 0.25) is 0 Å². The SMILES string of the molecule is CC(C)NC(C)(CO)CCCN(C)C. The van der Waals surface area contributed by atoms with Gasteiger partial charge in [-0.25, -0.2) is 0 Å². The molecule has 0 aliphatic carbocycles. The van der Waals surface area contributed by atoms with Gasteiger partial charge in [0, 0.05) is 11.6 Å². The number of hydrogen-bond acceptors (Lipinski definition) is 3. The van der Waals surface area contributed by atoms with E-state index in [0.717, 1.165) is 19.4 Å². The standard InChI is InChI=1S/C11H26N2O/c1-10(2)12-11(3,9-14)7-6-8-13(4)5/h10,12,14H,6-9H2,1-5H3. The van der Waals surface area contributed by atoms with E-state index in [4.69, 9.17) is 0 Å². The minimum atomic E-state index is -0.121. The lowest BCUT2D eigenvalue weighted by Gasteiger charge is -2.31. The Balaban J connectivity index is 3.86. The number of nitrogens with one attached hydrogen (secondary N) is 1. The molecule has 1 unspecified atom stereocenters. The van der Waals surface area contributed by atoms with Gasteiger partial charge in [0.05, 0.1) is 6.61 Å². The molecule has 1 atom stereocenters. The molecular weight excluding hydrogens is 176 g/mol. The molecule has 0 spiro atoms. The minimum absolute atomic E-state index is 0.121. The third-order valence-corrected chi connectivity index (χ3v) is 2.32. The summed E-state index contributed by atoms with van der Waals surface area (Å²) in [5.41, 5.74) is -0.121. The van der Waals surface area contributed by atoms with Gasteiger partial charge in [0.15, 0.2) is 0 Å². The third-order valence-electron chi connectivity index (χ3n) is 2.32. The van der Waals surface area contributed by atoms with Gasteiger partial charge in [-0.05, 0) is 40.4 Å². The van der Waals surface area contributed by atoms with Gasteiger partial charge in [0.1, 0.15) is 0 Å². The number of hydrogen-bond donors (Lipinski definition) is 2. The van der Waals surface area contributed by atoms with Crippen LogP contribution in [0.3, 0.4) is 0 Å². The fourth-order valence-corrected chi connectivity index (χ4v) is 1.68. The zero-order valence-corrected chi connectivity index (χ0v) is 10.3. The normalized spacial score (nSPS) is 16.3. The summed E-state index contributed by atoms with van der Waals surface area (Å²) >= 11 is 0. The summed E-state index contributed by atoms with van der Waals surface area (Å²) in [5.74, 6) is 0. The Morgan fingerprint density at radius 1 is 1.36 bits per heavy atom. The predicted molar refractivity (Wildman–Crippen MR) is 61.6 cm³/mol. The second-order valence-electron chi connectivity index (χ2n) is 4.92. The summed E-state index contributed by atoms with van der Waals surface area (Å²) in [6.45, 7) is 7.59. The molecule has 0 saturated carbocycles. The van der Waals surface area contributed by atoms with Crippen LogP contribution < -0.4 is 5.32 Å². The highest BCUT2D eigenvalue weighted by molar-refractivity contribution is 4.83. The van der Waals surface area contributed by atoms with Crippen LogP contribution >= 0.6 is 0 Å². The molecule has 3 heteroatoms. The molecule has 0 aromatic rings. The highest BCUT2D eigenvalue weighted by Gasteiger charge is 2.22. The molecule has 0 radical (unpaired) electrons. The zero-order valence-electron chi connectivity index (χ0n) is 10.3. The van der Waals surface area contributed by atoms with Crippen molar-refractivity contribution < 1.29 is 5.11 Å². The summed E-state index contributed by atoms with van der Waals surface area (Å²) in [5, 5.41) is 12.7. The molecule has 14 heavy (non-hydrogen) atoms. The van der Waals surface area contributed by atoms with Crippen LogP contribution in [-0.2, 0) is 0 Å². The lowest BCUT2D eigenvalue weighted by Crippen LogP contribution is -2.49. The van der Waals surface area contributed by atoms with E-state index in [-0.39, 0.29) is 12.1 Å². The van der Waals surface area contributed by atoms with E-state index in [9.17, 15) is 5.11 Å². The maximum absolute atomic E-state index is 9.32. The maximum atomic E-state index is 9.32. The predicted octanol–water partition coefficient (Wildman–Crippen LogP) is 1.08. The van der Waals surface area contributed by atoms with E-state index in [1.54, 1.807) is 0 Å². The Morgan fingerprint density at radius 2 is 1.93 bits per heavy atom. The monoisotopic (exact) mass is 202 g/mol. The minimum Gasteiger partial charge on any atom is -0.394 e. The Labute approximate surface area is 88.5 Å². The van der Waals surface area contributed by atoms with E-state index in [1.807, 2.05) is 0 Å². The number of rotatable bonds is 7. The smallest absolute Gasteiger partial charge is 0.0610 e. The summed E-state index contributed by atoms with van der Waals surface area (Å²) in [6, 6.07) is 0.423. The molecule has 0 aromatic carbocycles. The fourth-order valence-electron chi connectivity index (χ4n) is 1.68. The van der Waals surface area contributed by atoms with Gasteiger partial charge >= 0.3 is 0 Å². The molecule has 0 fully saturated rings. The lowest BCUT2D eigenvalue weighted by atomic mass is 9.95. The number of aliphatic hydroxyl groups is 1. The third kappa shape index (κ3) is 6.35. The Kier molecular flexibility index (Phi) is 6.33. The van der Waals surface area contributed by atoms with E-state index in [1.165, 1.54) is 0 Å². The van der Waals surface area contributed by atoms with Crippen molar-refractivity contribution >= 4 is 0 Å². The molecule has 3 nitrogen and oxygen atoms in total. The van der Waals surface area contributed by atoms with Crippen molar-refractivity contribution in [2.75, 3.05) is 27.2 Å². The second kappa shape index (κ2) is 6.38. The quantitative estimate of drug-likeness (QED) is 0.648. The van der Waals surface area contributed by atoms with Crippen molar-refractivity contribution in [2.24, 2.45) is 0 Å². The Bertz CT molecular complexity index is 148. The molecule has 0 aromatic heterocycles. The summed E-state index contributed by atoms with van der Waals surface area (Å²) < 4.78 is 0. The van der Waals surface area contributed by atoms with Crippen LogP contribution in [0.5, 0.6) is 0 Å². The molecular formula is C11H26N2O. The van der Waals surface area contributed by atoms with Crippen LogP contribution in [0.25, 0.3) is 0 Å². The van der Waals surface area contributed by atoms with Crippen LogP contribution in [-0.4, -0.2) is 48.8 Å². The molecule has 0 rings (SSSR count). The number of nitrogens with zero attached hydrogens (tertiary/aromatic N) is 1. The van der Waals surface area contributed by atoms with Crippen LogP contribution in [0, 0.1) is 0 Å². The summed E-state index contributed by atoms with van der Waals surface area (Å²) in [4.78, 5) is 2.17. The van der Waals surface area contributed by atoms with Gasteiger partial charge in [-0.3, -0.25) is 0 Å². The van der Waals surface area contributed by atoms with E-state index < -0.39 is 0 Å². The van der Waals surface area contributed by atoms with Crippen molar-refractivity contribution in [1.29, 1.82) is 0 Å². The largest absolute Gasteiger partial charge is 0.394 e. The van der Waals surface area contributed by atoms with Crippen LogP contribution in [0.1, 0.15) is 33.6 Å². The van der Waals surface area contributed by atoms with Gasteiger partial charge in [-0.15, -0.1) is 0 Å². The van der Waals surface area contributed by atoms with E-state index >= 15 is 0 Å². The van der Waals surface area contributed by atoms with Crippen LogP contribution in [0.15, 0.2) is 0 Å². The van der Waals surface area contributed by atoms with Crippen LogP contribution in [0.4, 0.5) is 0 Å².